The van der Waals surface area contributed by atoms with Gasteiger partial charge in [0.05, 0.1) is 31.0 Å². The van der Waals surface area contributed by atoms with Gasteiger partial charge in [-0.15, -0.1) is 0 Å². The number of benzene rings is 1. The Bertz CT molecular complexity index is 1040. The number of carbonyl (C=O) groups excluding carboxylic acids is 2. The highest BCUT2D eigenvalue weighted by molar-refractivity contribution is 6.03. The molecule has 2 aromatic rings. The summed E-state index contributed by atoms with van der Waals surface area (Å²) in [4.78, 5) is 30.2. The van der Waals surface area contributed by atoms with Gasteiger partial charge in [0, 0.05) is 19.3 Å². The second-order valence-corrected chi connectivity index (χ2v) is 8.67. The minimum Gasteiger partial charge on any atom is -0.464 e. The van der Waals surface area contributed by atoms with Crippen LogP contribution < -0.4 is 4.90 Å². The van der Waals surface area contributed by atoms with E-state index in [0.29, 0.717) is 25.3 Å². The van der Waals surface area contributed by atoms with Crippen molar-refractivity contribution in [2.45, 2.75) is 31.6 Å². The van der Waals surface area contributed by atoms with Crippen molar-refractivity contribution < 1.29 is 23.8 Å². The highest BCUT2D eigenvalue weighted by Crippen LogP contribution is 2.53. The number of nitrogens with zero attached hydrogens (tertiary/aromatic N) is 2. The maximum atomic E-state index is 13.5. The number of aliphatic hydroxyl groups excluding tert-OH is 1. The van der Waals surface area contributed by atoms with Crippen molar-refractivity contribution >= 4 is 17.5 Å². The highest BCUT2D eigenvalue weighted by Gasteiger charge is 2.67. The molecule has 5 rings (SSSR count). The molecule has 31 heavy (non-hydrogen) atoms. The number of anilines is 1. The van der Waals surface area contributed by atoms with Crippen LogP contribution in [-0.4, -0.2) is 53.7 Å². The van der Waals surface area contributed by atoms with E-state index in [9.17, 15) is 9.59 Å². The van der Waals surface area contributed by atoms with E-state index in [0.717, 1.165) is 17.0 Å². The molecular formula is C24H26N2O5. The molecule has 3 aliphatic rings. The maximum absolute atomic E-state index is 13.5. The van der Waals surface area contributed by atoms with Crippen LogP contribution in [0.4, 0.5) is 5.69 Å². The summed E-state index contributed by atoms with van der Waals surface area (Å²) >= 11 is 0. The number of hydrogen-bond donors (Lipinski definition) is 1. The van der Waals surface area contributed by atoms with E-state index in [1.54, 1.807) is 16.8 Å². The molecule has 2 unspecified atom stereocenters. The SMILES string of the molecule is Cc1ccc(CN(C)C(=O)C2C3C(=O)N(c4ccc(CCO)cc4)C[C@@]34C=C[C@@H]2O4)o1. The number of aryl methyl sites for hydroxylation is 1. The van der Waals surface area contributed by atoms with Crippen LogP contribution in [0.2, 0.25) is 0 Å². The Morgan fingerprint density at radius 2 is 2.03 bits per heavy atom. The van der Waals surface area contributed by atoms with Crippen LogP contribution in [0.25, 0.3) is 0 Å². The topological polar surface area (TPSA) is 83.2 Å². The van der Waals surface area contributed by atoms with E-state index in [4.69, 9.17) is 14.3 Å². The van der Waals surface area contributed by atoms with E-state index in [-0.39, 0.29) is 24.5 Å². The number of hydrogen-bond acceptors (Lipinski definition) is 5. The molecule has 2 saturated heterocycles. The molecule has 7 nitrogen and oxygen atoms in total. The lowest BCUT2D eigenvalue weighted by molar-refractivity contribution is -0.139. The van der Waals surface area contributed by atoms with Gasteiger partial charge in [-0.3, -0.25) is 9.59 Å². The second kappa shape index (κ2) is 7.35. The van der Waals surface area contributed by atoms with Crippen molar-refractivity contribution in [3.8, 4) is 0 Å². The van der Waals surface area contributed by atoms with E-state index in [1.807, 2.05) is 55.5 Å². The summed E-state index contributed by atoms with van der Waals surface area (Å²) < 4.78 is 11.8. The zero-order chi connectivity index (χ0) is 21.8. The van der Waals surface area contributed by atoms with Gasteiger partial charge in [-0.25, -0.2) is 0 Å². The van der Waals surface area contributed by atoms with Crippen molar-refractivity contribution in [2.75, 3.05) is 25.1 Å². The summed E-state index contributed by atoms with van der Waals surface area (Å²) in [5, 5.41) is 9.11. The van der Waals surface area contributed by atoms with Crippen LogP contribution in [0.3, 0.4) is 0 Å². The minimum atomic E-state index is -0.756. The first-order valence-electron chi connectivity index (χ1n) is 10.6. The lowest BCUT2D eigenvalue weighted by Gasteiger charge is -2.27. The van der Waals surface area contributed by atoms with Crippen LogP contribution in [-0.2, 0) is 27.3 Å². The van der Waals surface area contributed by atoms with Crippen molar-refractivity contribution in [1.82, 2.24) is 4.90 Å². The fourth-order valence-corrected chi connectivity index (χ4v) is 5.11. The van der Waals surface area contributed by atoms with Gasteiger partial charge in [-0.2, -0.15) is 0 Å². The van der Waals surface area contributed by atoms with Crippen molar-refractivity contribution in [3.05, 3.63) is 65.6 Å². The monoisotopic (exact) mass is 422 g/mol. The van der Waals surface area contributed by atoms with E-state index < -0.39 is 17.4 Å². The largest absolute Gasteiger partial charge is 0.464 e. The van der Waals surface area contributed by atoms with Gasteiger partial charge in [-0.05, 0) is 43.2 Å². The number of aliphatic hydroxyl groups is 1. The van der Waals surface area contributed by atoms with Gasteiger partial charge >= 0.3 is 0 Å². The van der Waals surface area contributed by atoms with E-state index >= 15 is 0 Å². The summed E-state index contributed by atoms with van der Waals surface area (Å²) in [6.07, 6.45) is 4.08. The van der Waals surface area contributed by atoms with Gasteiger partial charge in [0.15, 0.2) is 0 Å². The van der Waals surface area contributed by atoms with E-state index in [2.05, 4.69) is 0 Å². The Hall–Kier alpha value is -2.90. The Morgan fingerprint density at radius 1 is 1.26 bits per heavy atom. The molecule has 1 aromatic heterocycles. The average molecular weight is 422 g/mol. The molecule has 0 aliphatic carbocycles. The molecule has 2 fully saturated rings. The first-order valence-corrected chi connectivity index (χ1v) is 10.6. The number of carbonyl (C=O) groups is 2. The smallest absolute Gasteiger partial charge is 0.234 e. The second-order valence-electron chi connectivity index (χ2n) is 8.67. The van der Waals surface area contributed by atoms with Crippen molar-refractivity contribution in [1.29, 1.82) is 0 Å². The third-order valence-electron chi connectivity index (χ3n) is 6.60. The summed E-state index contributed by atoms with van der Waals surface area (Å²) in [7, 11) is 1.74. The zero-order valence-corrected chi connectivity index (χ0v) is 17.7. The summed E-state index contributed by atoms with van der Waals surface area (Å²) in [5.41, 5.74) is 1.03. The van der Waals surface area contributed by atoms with Crippen LogP contribution in [0.5, 0.6) is 0 Å². The number of fused-ring (bicyclic) bond motifs is 1. The molecule has 2 bridgehead atoms. The average Bonchev–Trinajstić information content (AvgIpc) is 3.50. The number of furan rings is 1. The van der Waals surface area contributed by atoms with Crippen LogP contribution in [0.1, 0.15) is 17.1 Å². The third kappa shape index (κ3) is 3.20. The first kappa shape index (κ1) is 20.0. The lowest BCUT2D eigenvalue weighted by Crippen LogP contribution is -2.44. The molecule has 0 saturated carbocycles. The number of ether oxygens (including phenoxy) is 1. The van der Waals surface area contributed by atoms with Crippen LogP contribution in [0.15, 0.2) is 53.0 Å². The van der Waals surface area contributed by atoms with Crippen LogP contribution in [0, 0.1) is 18.8 Å². The number of rotatable bonds is 6. The van der Waals surface area contributed by atoms with Gasteiger partial charge in [0.25, 0.3) is 0 Å². The molecule has 1 aromatic carbocycles. The molecule has 162 valence electrons. The minimum absolute atomic E-state index is 0.0812. The summed E-state index contributed by atoms with van der Waals surface area (Å²) in [6, 6.07) is 11.3. The number of amides is 2. The van der Waals surface area contributed by atoms with Gasteiger partial charge in [0.1, 0.15) is 17.1 Å². The molecule has 3 aliphatic heterocycles. The zero-order valence-electron chi connectivity index (χ0n) is 17.7. The van der Waals surface area contributed by atoms with Crippen LogP contribution >= 0.6 is 0 Å². The summed E-state index contributed by atoms with van der Waals surface area (Å²) in [6.45, 7) is 2.70. The molecule has 1 N–H and O–H groups in total. The molecule has 4 heterocycles. The molecule has 1 spiro atoms. The molecule has 4 atom stereocenters. The van der Waals surface area contributed by atoms with Gasteiger partial charge < -0.3 is 24.1 Å². The van der Waals surface area contributed by atoms with Crippen molar-refractivity contribution in [2.24, 2.45) is 11.8 Å². The quantitative estimate of drug-likeness (QED) is 0.721. The summed E-state index contributed by atoms with van der Waals surface area (Å²) in [5.74, 6) is 0.244. The predicted molar refractivity (Wildman–Crippen MR) is 113 cm³/mol. The lowest BCUT2D eigenvalue weighted by atomic mass is 9.76. The Balaban J connectivity index is 1.37. The third-order valence-corrected chi connectivity index (χ3v) is 6.60. The van der Waals surface area contributed by atoms with Crippen molar-refractivity contribution in [3.63, 3.8) is 0 Å². The standard InChI is InChI=1S/C24H26N2O5/c1-15-3-8-18(30-15)13-25(2)22(28)20-19-9-11-24(31-19)14-26(23(29)21(20)24)17-6-4-16(5-7-17)10-12-27/h3-9,11,19-21,27H,10,12-14H2,1-2H3/t19-,20?,21?,24-/m0/s1. The molecule has 0 radical (unpaired) electrons. The maximum Gasteiger partial charge on any atom is 0.234 e. The molecule has 7 heteroatoms. The fourth-order valence-electron chi connectivity index (χ4n) is 5.11. The molecule has 2 amide bonds. The Labute approximate surface area is 180 Å². The van der Waals surface area contributed by atoms with E-state index in [1.165, 1.54) is 0 Å². The Kier molecular flexibility index (Phi) is 4.75. The normalized spacial score (nSPS) is 28.4. The molecular weight excluding hydrogens is 396 g/mol. The predicted octanol–water partition coefficient (Wildman–Crippen LogP) is 2.07. The van der Waals surface area contributed by atoms with Gasteiger partial charge in [0.2, 0.25) is 11.8 Å². The van der Waals surface area contributed by atoms with Gasteiger partial charge in [-0.1, -0.05) is 24.3 Å². The first-order chi connectivity index (χ1) is 14.9. The fraction of sp³-hybridized carbons (Fsp3) is 0.417. The Morgan fingerprint density at radius 3 is 2.71 bits per heavy atom. The highest BCUT2D eigenvalue weighted by atomic mass is 16.5.